The number of rotatable bonds is 5. The van der Waals surface area contributed by atoms with Crippen LogP contribution in [0.5, 0.6) is 0 Å². The molecule has 1 heterocycles. The Labute approximate surface area is 111 Å². The summed E-state index contributed by atoms with van der Waals surface area (Å²) in [6.07, 6.45) is 1.81. The lowest BCUT2D eigenvalue weighted by molar-refractivity contribution is 0.509. The summed E-state index contributed by atoms with van der Waals surface area (Å²) in [5.41, 5.74) is 6.65. The van der Waals surface area contributed by atoms with Crippen LogP contribution < -0.4 is 5.73 Å². The van der Waals surface area contributed by atoms with Crippen molar-refractivity contribution in [3.05, 3.63) is 29.6 Å². The van der Waals surface area contributed by atoms with Gasteiger partial charge < -0.3 is 10.3 Å². The molecule has 0 radical (unpaired) electrons. The minimum atomic E-state index is -0.852. The number of benzene rings is 1. The third-order valence-electron chi connectivity index (χ3n) is 3.17. The number of aryl methyl sites for hydroxylation is 1. The average Bonchev–Trinajstić information content (AvgIpc) is 2.69. The number of hydrogen-bond donors (Lipinski definition) is 1. The number of halogens is 2. The molecule has 104 valence electrons. The van der Waals surface area contributed by atoms with Crippen LogP contribution in [0.15, 0.2) is 12.1 Å². The molecule has 0 aliphatic carbocycles. The van der Waals surface area contributed by atoms with Gasteiger partial charge in [-0.3, -0.25) is 0 Å². The Morgan fingerprint density at radius 3 is 2.53 bits per heavy atom. The maximum absolute atomic E-state index is 13.4. The minimum absolute atomic E-state index is 0.205. The second-order valence-electron chi connectivity index (χ2n) is 5.03. The summed E-state index contributed by atoms with van der Waals surface area (Å²) in [6.45, 7) is 5.40. The highest BCUT2D eigenvalue weighted by atomic mass is 19.2. The number of imidazole rings is 1. The third-order valence-corrected chi connectivity index (χ3v) is 3.17. The van der Waals surface area contributed by atoms with Crippen LogP contribution in [-0.2, 0) is 6.54 Å². The number of aromatic nitrogens is 2. The Balaban J connectivity index is 2.49. The molecular weight excluding hydrogens is 248 g/mol. The monoisotopic (exact) mass is 267 g/mol. The average molecular weight is 267 g/mol. The van der Waals surface area contributed by atoms with Crippen LogP contribution in [0.2, 0.25) is 0 Å². The van der Waals surface area contributed by atoms with Gasteiger partial charge in [0.1, 0.15) is 5.82 Å². The topological polar surface area (TPSA) is 43.8 Å². The lowest BCUT2D eigenvalue weighted by Crippen LogP contribution is -2.08. The van der Waals surface area contributed by atoms with Gasteiger partial charge >= 0.3 is 0 Å². The summed E-state index contributed by atoms with van der Waals surface area (Å²) in [6, 6.07) is 2.39. The summed E-state index contributed by atoms with van der Waals surface area (Å²) >= 11 is 0. The van der Waals surface area contributed by atoms with Crippen molar-refractivity contribution in [1.82, 2.24) is 9.55 Å². The molecule has 0 saturated heterocycles. The molecule has 0 aliphatic rings. The Morgan fingerprint density at radius 2 is 1.89 bits per heavy atom. The molecule has 0 amide bonds. The fourth-order valence-electron chi connectivity index (χ4n) is 2.23. The van der Waals surface area contributed by atoms with Crippen molar-refractivity contribution in [2.45, 2.75) is 39.2 Å². The maximum atomic E-state index is 13.4. The van der Waals surface area contributed by atoms with Crippen LogP contribution in [0.3, 0.4) is 0 Å². The van der Waals surface area contributed by atoms with Gasteiger partial charge in [-0.2, -0.15) is 0 Å². The second-order valence-corrected chi connectivity index (χ2v) is 5.03. The van der Waals surface area contributed by atoms with Crippen molar-refractivity contribution in [2.24, 2.45) is 5.73 Å². The van der Waals surface area contributed by atoms with E-state index in [4.69, 9.17) is 5.73 Å². The van der Waals surface area contributed by atoms with Crippen LogP contribution in [-0.4, -0.2) is 16.1 Å². The first-order valence-electron chi connectivity index (χ1n) is 6.59. The van der Waals surface area contributed by atoms with E-state index in [1.54, 1.807) is 0 Å². The van der Waals surface area contributed by atoms with Crippen molar-refractivity contribution in [3.8, 4) is 0 Å². The van der Waals surface area contributed by atoms with Gasteiger partial charge in [0.2, 0.25) is 0 Å². The van der Waals surface area contributed by atoms with E-state index in [1.807, 2.05) is 18.4 Å². The van der Waals surface area contributed by atoms with E-state index in [2.05, 4.69) is 4.98 Å². The van der Waals surface area contributed by atoms with E-state index >= 15 is 0 Å². The van der Waals surface area contributed by atoms with Gasteiger partial charge in [-0.25, -0.2) is 13.8 Å². The first-order valence-corrected chi connectivity index (χ1v) is 6.59. The van der Waals surface area contributed by atoms with Gasteiger partial charge in [0, 0.05) is 24.6 Å². The van der Waals surface area contributed by atoms with Gasteiger partial charge in [-0.15, -0.1) is 0 Å². The zero-order chi connectivity index (χ0) is 14.0. The highest BCUT2D eigenvalue weighted by Gasteiger charge is 2.16. The summed E-state index contributed by atoms with van der Waals surface area (Å²) in [4.78, 5) is 4.42. The summed E-state index contributed by atoms with van der Waals surface area (Å²) in [5.74, 6) is -0.620. The van der Waals surface area contributed by atoms with E-state index in [-0.39, 0.29) is 5.92 Å². The molecule has 3 nitrogen and oxygen atoms in total. The third kappa shape index (κ3) is 2.76. The second kappa shape index (κ2) is 5.65. The molecule has 0 atom stereocenters. The van der Waals surface area contributed by atoms with Crippen LogP contribution in [0.1, 0.15) is 38.4 Å². The lowest BCUT2D eigenvalue weighted by atomic mass is 10.2. The molecule has 19 heavy (non-hydrogen) atoms. The fourth-order valence-corrected chi connectivity index (χ4v) is 2.23. The van der Waals surface area contributed by atoms with Crippen LogP contribution in [0.4, 0.5) is 8.78 Å². The highest BCUT2D eigenvalue weighted by Crippen LogP contribution is 2.24. The Morgan fingerprint density at radius 1 is 1.21 bits per heavy atom. The Hall–Kier alpha value is -1.49. The van der Waals surface area contributed by atoms with Gasteiger partial charge in [-0.05, 0) is 19.4 Å². The smallest absolute Gasteiger partial charge is 0.161 e. The van der Waals surface area contributed by atoms with Gasteiger partial charge in [0.05, 0.1) is 11.0 Å². The zero-order valence-electron chi connectivity index (χ0n) is 11.3. The highest BCUT2D eigenvalue weighted by molar-refractivity contribution is 5.76. The van der Waals surface area contributed by atoms with Crippen molar-refractivity contribution in [2.75, 3.05) is 6.54 Å². The molecule has 0 aliphatic heterocycles. The molecule has 2 N–H and O–H groups in total. The van der Waals surface area contributed by atoms with Crippen LogP contribution in [0.25, 0.3) is 11.0 Å². The first-order chi connectivity index (χ1) is 9.04. The molecular formula is C14H19F2N3. The molecule has 0 unspecified atom stereocenters. The quantitative estimate of drug-likeness (QED) is 0.846. The van der Waals surface area contributed by atoms with Crippen molar-refractivity contribution < 1.29 is 8.78 Å². The molecule has 1 aromatic heterocycles. The minimum Gasteiger partial charge on any atom is -0.330 e. The summed E-state index contributed by atoms with van der Waals surface area (Å²) in [5, 5.41) is 0. The van der Waals surface area contributed by atoms with E-state index < -0.39 is 11.6 Å². The fraction of sp³-hybridized carbons (Fsp3) is 0.500. The first kappa shape index (κ1) is 13.9. The molecule has 0 fully saturated rings. The van der Waals surface area contributed by atoms with Crippen LogP contribution >= 0.6 is 0 Å². The van der Waals surface area contributed by atoms with Crippen molar-refractivity contribution in [3.63, 3.8) is 0 Å². The number of hydrogen-bond acceptors (Lipinski definition) is 2. The molecule has 0 bridgehead atoms. The van der Waals surface area contributed by atoms with E-state index in [0.29, 0.717) is 17.6 Å². The SMILES string of the molecule is CC(C)c1nc2cc(F)c(F)cc2n1CCCCN. The number of fused-ring (bicyclic) bond motifs is 1. The number of nitrogens with two attached hydrogens (primary N) is 1. The molecule has 0 saturated carbocycles. The molecule has 1 aromatic carbocycles. The molecule has 2 aromatic rings. The van der Waals surface area contributed by atoms with Gasteiger partial charge in [0.15, 0.2) is 11.6 Å². The largest absolute Gasteiger partial charge is 0.330 e. The maximum Gasteiger partial charge on any atom is 0.161 e. The standard InChI is InChI=1S/C14H19F2N3/c1-9(2)14-18-12-7-10(15)11(16)8-13(12)19(14)6-4-3-5-17/h7-9H,3-6,17H2,1-2H3. The number of unbranched alkanes of at least 4 members (excludes halogenated alkanes) is 1. The normalized spacial score (nSPS) is 11.7. The van der Waals surface area contributed by atoms with Crippen molar-refractivity contribution >= 4 is 11.0 Å². The predicted octanol–water partition coefficient (Wildman–Crippen LogP) is 3.18. The van der Waals surface area contributed by atoms with Crippen LogP contribution in [0, 0.1) is 11.6 Å². The van der Waals surface area contributed by atoms with Gasteiger partial charge in [0.25, 0.3) is 0 Å². The predicted molar refractivity (Wildman–Crippen MR) is 72.0 cm³/mol. The summed E-state index contributed by atoms with van der Waals surface area (Å²) < 4.78 is 28.6. The van der Waals surface area contributed by atoms with E-state index in [1.165, 1.54) is 6.07 Å². The Kier molecular flexibility index (Phi) is 4.14. The molecule has 0 spiro atoms. The zero-order valence-corrected chi connectivity index (χ0v) is 11.3. The summed E-state index contributed by atoms with van der Waals surface area (Å²) in [7, 11) is 0. The van der Waals surface area contributed by atoms with E-state index in [9.17, 15) is 8.78 Å². The molecule has 2 rings (SSSR count). The van der Waals surface area contributed by atoms with Crippen molar-refractivity contribution in [1.29, 1.82) is 0 Å². The lowest BCUT2D eigenvalue weighted by Gasteiger charge is -2.11. The Bertz CT molecular complexity index is 576. The van der Waals surface area contributed by atoms with E-state index in [0.717, 1.165) is 31.3 Å². The molecule has 5 heteroatoms. The van der Waals surface area contributed by atoms with Gasteiger partial charge in [-0.1, -0.05) is 13.8 Å². The number of nitrogens with zero attached hydrogens (tertiary/aromatic N) is 2.